The summed E-state index contributed by atoms with van der Waals surface area (Å²) < 4.78 is 5.14. The van der Waals surface area contributed by atoms with Gasteiger partial charge in [-0.15, -0.1) is 10.2 Å². The van der Waals surface area contributed by atoms with E-state index in [1.807, 2.05) is 6.07 Å². The van der Waals surface area contributed by atoms with E-state index in [9.17, 15) is 4.79 Å². The van der Waals surface area contributed by atoms with Gasteiger partial charge in [0, 0.05) is 13.1 Å². The maximum absolute atomic E-state index is 12.0. The van der Waals surface area contributed by atoms with Crippen LogP contribution in [0.2, 0.25) is 0 Å². The third-order valence-corrected chi connectivity index (χ3v) is 3.35. The van der Waals surface area contributed by atoms with Gasteiger partial charge in [-0.3, -0.25) is 4.79 Å². The molecule has 2 aromatic rings. The number of hydrogen-bond acceptors (Lipinski definition) is 7. The minimum absolute atomic E-state index is 0.237. The maximum atomic E-state index is 12.0. The van der Waals surface area contributed by atoms with Gasteiger partial charge in [-0.25, -0.2) is 0 Å². The predicted molar refractivity (Wildman–Crippen MR) is 75.1 cm³/mol. The minimum Gasteiger partial charge on any atom is -0.495 e. The Bertz CT molecular complexity index is 677. The number of benzene rings is 1. The van der Waals surface area contributed by atoms with Crippen molar-refractivity contribution in [3.63, 3.8) is 0 Å². The second kappa shape index (κ2) is 5.99. The van der Waals surface area contributed by atoms with Gasteiger partial charge in [0.2, 0.25) is 10.1 Å². The van der Waals surface area contributed by atoms with Crippen LogP contribution in [0.1, 0.15) is 15.4 Å². The van der Waals surface area contributed by atoms with Crippen molar-refractivity contribution < 1.29 is 9.53 Å². The highest BCUT2D eigenvalue weighted by Gasteiger charge is 2.14. The van der Waals surface area contributed by atoms with Crippen LogP contribution in [0, 0.1) is 11.3 Å². The third kappa shape index (κ3) is 2.84. The van der Waals surface area contributed by atoms with Gasteiger partial charge in [-0.05, 0) is 12.1 Å². The summed E-state index contributed by atoms with van der Waals surface area (Å²) in [4.78, 5) is 12.0. The smallest absolute Gasteiger partial charge is 0.286 e. The van der Waals surface area contributed by atoms with Crippen LogP contribution in [-0.2, 0) is 0 Å². The summed E-state index contributed by atoms with van der Waals surface area (Å²) >= 11 is 1.14. The minimum atomic E-state index is -0.382. The molecule has 0 radical (unpaired) electrons. The van der Waals surface area contributed by atoms with Crippen molar-refractivity contribution in [2.45, 2.75) is 0 Å². The molecule has 0 fully saturated rings. The quantitative estimate of drug-likeness (QED) is 0.888. The van der Waals surface area contributed by atoms with Gasteiger partial charge in [0.1, 0.15) is 5.75 Å². The molecule has 7 nitrogen and oxygen atoms in total. The van der Waals surface area contributed by atoms with Crippen LogP contribution in [0.4, 0.5) is 10.8 Å². The second-order valence-corrected chi connectivity index (χ2v) is 4.62. The molecule has 0 aliphatic rings. The lowest BCUT2D eigenvalue weighted by molar-refractivity contribution is 0.102. The topological polar surface area (TPSA) is 99.9 Å². The van der Waals surface area contributed by atoms with Crippen molar-refractivity contribution in [2.75, 3.05) is 24.8 Å². The van der Waals surface area contributed by atoms with Gasteiger partial charge >= 0.3 is 0 Å². The Balaban J connectivity index is 2.21. The molecule has 0 bridgehead atoms. The number of carbonyl (C=O) groups is 1. The fourth-order valence-electron chi connectivity index (χ4n) is 1.46. The molecule has 2 rings (SSSR count). The van der Waals surface area contributed by atoms with E-state index >= 15 is 0 Å². The molecule has 0 atom stereocenters. The number of anilines is 2. The predicted octanol–water partition coefficient (Wildman–Crippen LogP) is 1.71. The van der Waals surface area contributed by atoms with Crippen molar-refractivity contribution in [2.24, 2.45) is 0 Å². The van der Waals surface area contributed by atoms with Crippen LogP contribution in [-0.4, -0.2) is 30.3 Å². The Kier molecular flexibility index (Phi) is 4.12. The molecule has 0 unspecified atom stereocenters. The van der Waals surface area contributed by atoms with E-state index < -0.39 is 0 Å². The van der Waals surface area contributed by atoms with E-state index in [0.717, 1.165) is 11.3 Å². The van der Waals surface area contributed by atoms with Crippen molar-refractivity contribution in [1.82, 2.24) is 10.2 Å². The zero-order valence-electron chi connectivity index (χ0n) is 10.8. The largest absolute Gasteiger partial charge is 0.495 e. The highest BCUT2D eigenvalue weighted by molar-refractivity contribution is 7.17. The van der Waals surface area contributed by atoms with E-state index in [2.05, 4.69) is 20.8 Å². The van der Waals surface area contributed by atoms with E-state index in [4.69, 9.17) is 10.00 Å². The molecule has 1 aromatic heterocycles. The summed E-state index contributed by atoms with van der Waals surface area (Å²) in [5.74, 6) is 0.0303. The number of ether oxygens (including phenoxy) is 1. The van der Waals surface area contributed by atoms with E-state index in [-0.39, 0.29) is 10.9 Å². The summed E-state index contributed by atoms with van der Waals surface area (Å²) in [5, 5.41) is 22.7. The molecule has 8 heteroatoms. The van der Waals surface area contributed by atoms with Crippen molar-refractivity contribution in [3.8, 4) is 11.8 Å². The van der Waals surface area contributed by atoms with Gasteiger partial charge in [0.25, 0.3) is 5.91 Å². The molecule has 20 heavy (non-hydrogen) atoms. The summed E-state index contributed by atoms with van der Waals surface area (Å²) in [6.45, 7) is 0. The Morgan fingerprint density at radius 2 is 2.25 bits per heavy atom. The first-order chi connectivity index (χ1) is 9.67. The molecular formula is C12H11N5O2S. The lowest BCUT2D eigenvalue weighted by atomic mass is 10.2. The molecule has 1 heterocycles. The lowest BCUT2D eigenvalue weighted by Gasteiger charge is -2.08. The van der Waals surface area contributed by atoms with Crippen LogP contribution in [0.3, 0.4) is 0 Å². The first-order valence-electron chi connectivity index (χ1n) is 5.58. The number of nitriles is 1. The lowest BCUT2D eigenvalue weighted by Crippen LogP contribution is -2.12. The van der Waals surface area contributed by atoms with Crippen LogP contribution in [0.25, 0.3) is 0 Å². The van der Waals surface area contributed by atoms with E-state index in [1.54, 1.807) is 25.2 Å². The summed E-state index contributed by atoms with van der Waals surface area (Å²) in [5.41, 5.74) is 0.922. The number of hydrogen-bond donors (Lipinski definition) is 2. The highest BCUT2D eigenvalue weighted by Crippen LogP contribution is 2.26. The van der Waals surface area contributed by atoms with Crippen LogP contribution < -0.4 is 15.4 Å². The van der Waals surface area contributed by atoms with Crippen molar-refractivity contribution >= 4 is 28.1 Å². The highest BCUT2D eigenvalue weighted by atomic mass is 32.1. The van der Waals surface area contributed by atoms with Crippen LogP contribution >= 0.6 is 11.3 Å². The SMILES string of the molecule is CNc1nnc(C(=O)Nc2ccc(C#N)cc2OC)s1. The molecule has 0 saturated heterocycles. The normalized spacial score (nSPS) is 9.65. The first kappa shape index (κ1) is 13.8. The van der Waals surface area contributed by atoms with E-state index in [1.165, 1.54) is 7.11 Å². The monoisotopic (exact) mass is 289 g/mol. The van der Waals surface area contributed by atoms with Gasteiger partial charge < -0.3 is 15.4 Å². The van der Waals surface area contributed by atoms with Gasteiger partial charge in [-0.2, -0.15) is 5.26 Å². The Hall–Kier alpha value is -2.66. The van der Waals surface area contributed by atoms with Gasteiger partial charge in [0.15, 0.2) is 0 Å². The molecule has 0 aliphatic carbocycles. The van der Waals surface area contributed by atoms with Crippen LogP contribution in [0.15, 0.2) is 18.2 Å². The zero-order valence-corrected chi connectivity index (χ0v) is 11.6. The summed E-state index contributed by atoms with van der Waals surface area (Å²) in [7, 11) is 3.17. The number of nitrogens with zero attached hydrogens (tertiary/aromatic N) is 3. The average Bonchev–Trinajstić information content (AvgIpc) is 2.96. The second-order valence-electron chi connectivity index (χ2n) is 3.64. The molecule has 2 N–H and O–H groups in total. The molecule has 1 aromatic carbocycles. The molecule has 0 saturated carbocycles. The zero-order chi connectivity index (χ0) is 14.5. The number of rotatable bonds is 4. The molecule has 0 spiro atoms. The number of amides is 1. The van der Waals surface area contributed by atoms with Crippen LogP contribution in [0.5, 0.6) is 5.75 Å². The molecule has 102 valence electrons. The molecular weight excluding hydrogens is 278 g/mol. The fourth-order valence-corrected chi connectivity index (χ4v) is 2.05. The summed E-state index contributed by atoms with van der Waals surface area (Å²) in [6, 6.07) is 6.75. The van der Waals surface area contributed by atoms with Gasteiger partial charge in [0.05, 0.1) is 24.4 Å². The third-order valence-electron chi connectivity index (χ3n) is 2.41. The van der Waals surface area contributed by atoms with Crippen molar-refractivity contribution in [1.29, 1.82) is 5.26 Å². The Morgan fingerprint density at radius 1 is 1.45 bits per heavy atom. The molecule has 1 amide bonds. The van der Waals surface area contributed by atoms with E-state index in [0.29, 0.717) is 22.1 Å². The maximum Gasteiger partial charge on any atom is 0.286 e. The average molecular weight is 289 g/mol. The van der Waals surface area contributed by atoms with Gasteiger partial charge in [-0.1, -0.05) is 11.3 Å². The number of aromatic nitrogens is 2. The summed E-state index contributed by atoms with van der Waals surface area (Å²) in [6.07, 6.45) is 0. The number of nitrogens with one attached hydrogen (secondary N) is 2. The molecule has 0 aliphatic heterocycles. The van der Waals surface area contributed by atoms with Crippen molar-refractivity contribution in [3.05, 3.63) is 28.8 Å². The fraction of sp³-hybridized carbons (Fsp3) is 0.167. The standard InChI is InChI=1S/C12H11N5O2S/c1-14-12-17-16-11(20-12)10(18)15-8-4-3-7(6-13)5-9(8)19-2/h3-5H,1-2H3,(H,14,17)(H,15,18). The number of carbonyl (C=O) groups excluding carboxylic acids is 1. The first-order valence-corrected chi connectivity index (χ1v) is 6.40. The Morgan fingerprint density at radius 3 is 2.85 bits per heavy atom. The number of methoxy groups -OCH3 is 1. The Labute approximate surface area is 119 Å².